The number of nitrogens with zero attached hydrogens (tertiary/aromatic N) is 1. The topological polar surface area (TPSA) is 51.2 Å². The van der Waals surface area contributed by atoms with Gasteiger partial charge in [-0.2, -0.15) is 0 Å². The van der Waals surface area contributed by atoms with E-state index >= 15 is 0 Å². The van der Waals surface area contributed by atoms with Crippen LogP contribution in [0.3, 0.4) is 0 Å². The fourth-order valence-electron chi connectivity index (χ4n) is 1.18. The lowest BCUT2D eigenvalue weighted by Crippen LogP contribution is -2.21. The Balaban J connectivity index is 2.50. The Hall–Kier alpha value is -1.10. The number of hydrogen-bond donors (Lipinski definition) is 1. The Labute approximate surface area is 106 Å². The molecule has 1 heterocycles. The molecule has 0 aliphatic heterocycles. The molecule has 17 heavy (non-hydrogen) atoms. The molecule has 0 saturated carbocycles. The van der Waals surface area contributed by atoms with E-state index in [1.54, 1.807) is 6.92 Å². The van der Waals surface area contributed by atoms with E-state index in [-0.39, 0.29) is 12.4 Å². The molecule has 1 aromatic rings. The van der Waals surface area contributed by atoms with Crippen molar-refractivity contribution in [2.24, 2.45) is 5.92 Å². The van der Waals surface area contributed by atoms with Gasteiger partial charge in [-0.3, -0.25) is 4.79 Å². The molecule has 1 aromatic heterocycles. The number of thiazole rings is 1. The molecule has 0 bridgehead atoms. The number of hydrogen-bond acceptors (Lipinski definition) is 5. The summed E-state index contributed by atoms with van der Waals surface area (Å²) < 4.78 is 4.88. The molecule has 1 unspecified atom stereocenters. The maximum atomic E-state index is 11.3. The Kier molecular flexibility index (Phi) is 5.41. The minimum absolute atomic E-state index is 0.221. The van der Waals surface area contributed by atoms with Gasteiger partial charge in [0.2, 0.25) is 0 Å². The van der Waals surface area contributed by atoms with Crippen LogP contribution in [-0.2, 0) is 16.0 Å². The highest BCUT2D eigenvalue weighted by atomic mass is 32.1. The predicted octanol–water partition coefficient (Wildman–Crippen LogP) is 2.71. The Bertz CT molecular complexity index is 363. The van der Waals surface area contributed by atoms with Crippen molar-refractivity contribution >= 4 is 22.4 Å². The minimum Gasteiger partial charge on any atom is -0.466 e. The van der Waals surface area contributed by atoms with E-state index in [0.29, 0.717) is 18.6 Å². The molecule has 0 amide bonds. The quantitative estimate of drug-likeness (QED) is 0.795. The summed E-state index contributed by atoms with van der Waals surface area (Å²) in [5.41, 5.74) is 0.770. The van der Waals surface area contributed by atoms with Crippen LogP contribution in [0.15, 0.2) is 5.38 Å². The summed E-state index contributed by atoms with van der Waals surface area (Å²) >= 11 is 1.53. The summed E-state index contributed by atoms with van der Waals surface area (Å²) in [5.74, 6) is 0.327. The van der Waals surface area contributed by atoms with Crippen LogP contribution in [-0.4, -0.2) is 23.6 Å². The Morgan fingerprint density at radius 3 is 2.82 bits per heavy atom. The first-order chi connectivity index (χ1) is 8.02. The molecule has 0 aromatic carbocycles. The Morgan fingerprint density at radius 1 is 1.53 bits per heavy atom. The first-order valence-electron chi connectivity index (χ1n) is 5.89. The third-order valence-corrected chi connectivity index (χ3v) is 3.36. The van der Waals surface area contributed by atoms with Crippen LogP contribution in [0.5, 0.6) is 0 Å². The highest BCUT2D eigenvalue weighted by Gasteiger charge is 2.11. The second-order valence-electron chi connectivity index (χ2n) is 4.30. The van der Waals surface area contributed by atoms with Gasteiger partial charge in [0.05, 0.1) is 18.7 Å². The number of carbonyl (C=O) groups excluding carboxylic acids is 1. The molecule has 1 N–H and O–H groups in total. The third kappa shape index (κ3) is 4.73. The van der Waals surface area contributed by atoms with Gasteiger partial charge >= 0.3 is 5.97 Å². The lowest BCUT2D eigenvalue weighted by atomic mass is 10.1. The number of rotatable bonds is 6. The van der Waals surface area contributed by atoms with Crippen molar-refractivity contribution in [1.82, 2.24) is 4.98 Å². The van der Waals surface area contributed by atoms with Crippen LogP contribution in [0.2, 0.25) is 0 Å². The molecule has 0 aliphatic rings. The molecular weight excluding hydrogens is 236 g/mol. The van der Waals surface area contributed by atoms with Gasteiger partial charge in [0, 0.05) is 11.4 Å². The van der Waals surface area contributed by atoms with Crippen molar-refractivity contribution in [3.8, 4) is 0 Å². The standard InChI is InChI=1S/C12H20N2O2S/c1-5-16-11(15)6-10-7-17-12(14-10)13-9(4)8(2)3/h7-9H,5-6H2,1-4H3,(H,13,14). The van der Waals surface area contributed by atoms with E-state index in [1.807, 2.05) is 5.38 Å². The fraction of sp³-hybridized carbons (Fsp3) is 0.667. The van der Waals surface area contributed by atoms with Crippen molar-refractivity contribution in [3.63, 3.8) is 0 Å². The van der Waals surface area contributed by atoms with E-state index in [9.17, 15) is 4.79 Å². The molecule has 0 saturated heterocycles. The number of nitrogens with one attached hydrogen (secondary N) is 1. The van der Waals surface area contributed by atoms with Crippen molar-refractivity contribution in [2.45, 2.75) is 40.2 Å². The zero-order valence-electron chi connectivity index (χ0n) is 10.8. The van der Waals surface area contributed by atoms with Crippen LogP contribution in [0, 0.1) is 5.92 Å². The van der Waals surface area contributed by atoms with Crippen molar-refractivity contribution in [1.29, 1.82) is 0 Å². The summed E-state index contributed by atoms with van der Waals surface area (Å²) in [6, 6.07) is 0.372. The number of ether oxygens (including phenoxy) is 1. The largest absolute Gasteiger partial charge is 0.466 e. The average molecular weight is 256 g/mol. The fourth-order valence-corrected chi connectivity index (χ4v) is 1.98. The number of anilines is 1. The van der Waals surface area contributed by atoms with Crippen LogP contribution < -0.4 is 5.32 Å². The van der Waals surface area contributed by atoms with Crippen molar-refractivity contribution < 1.29 is 9.53 Å². The maximum Gasteiger partial charge on any atom is 0.311 e. The van der Waals surface area contributed by atoms with Gasteiger partial charge in [0.25, 0.3) is 0 Å². The van der Waals surface area contributed by atoms with Crippen LogP contribution in [0.1, 0.15) is 33.4 Å². The Morgan fingerprint density at radius 2 is 2.24 bits per heavy atom. The number of esters is 1. The summed E-state index contributed by atoms with van der Waals surface area (Å²) in [6.07, 6.45) is 0.252. The average Bonchev–Trinajstić information content (AvgIpc) is 2.65. The van der Waals surface area contributed by atoms with Gasteiger partial charge in [0.1, 0.15) is 0 Å². The first kappa shape index (κ1) is 14.0. The van der Waals surface area contributed by atoms with E-state index in [2.05, 4.69) is 31.1 Å². The summed E-state index contributed by atoms with van der Waals surface area (Å²) in [4.78, 5) is 15.6. The second-order valence-corrected chi connectivity index (χ2v) is 5.16. The SMILES string of the molecule is CCOC(=O)Cc1csc(NC(C)C(C)C)n1. The molecule has 4 nitrogen and oxygen atoms in total. The first-order valence-corrected chi connectivity index (χ1v) is 6.77. The summed E-state index contributed by atoms with van der Waals surface area (Å²) in [5, 5.41) is 6.08. The number of carbonyl (C=O) groups is 1. The van der Waals surface area contributed by atoms with Crippen molar-refractivity contribution in [2.75, 3.05) is 11.9 Å². The lowest BCUT2D eigenvalue weighted by molar-refractivity contribution is -0.142. The second kappa shape index (κ2) is 6.59. The predicted molar refractivity (Wildman–Crippen MR) is 70.4 cm³/mol. The van der Waals surface area contributed by atoms with E-state index in [0.717, 1.165) is 10.8 Å². The molecule has 0 aliphatic carbocycles. The molecule has 0 spiro atoms. The highest BCUT2D eigenvalue weighted by Crippen LogP contribution is 2.18. The molecule has 1 atom stereocenters. The minimum atomic E-state index is -0.221. The van der Waals surface area contributed by atoms with Gasteiger partial charge in [-0.05, 0) is 19.8 Å². The third-order valence-electron chi connectivity index (χ3n) is 2.53. The molecule has 1 rings (SSSR count). The molecule has 0 fully saturated rings. The van der Waals surface area contributed by atoms with Gasteiger partial charge < -0.3 is 10.1 Å². The monoisotopic (exact) mass is 256 g/mol. The van der Waals surface area contributed by atoms with Gasteiger partial charge in [-0.1, -0.05) is 13.8 Å². The van der Waals surface area contributed by atoms with Crippen LogP contribution in [0.4, 0.5) is 5.13 Å². The normalized spacial score (nSPS) is 12.5. The van der Waals surface area contributed by atoms with Gasteiger partial charge in [-0.15, -0.1) is 11.3 Å². The van der Waals surface area contributed by atoms with Crippen molar-refractivity contribution in [3.05, 3.63) is 11.1 Å². The molecular formula is C12H20N2O2S. The van der Waals surface area contributed by atoms with Gasteiger partial charge in [0.15, 0.2) is 5.13 Å². The molecule has 0 radical (unpaired) electrons. The smallest absolute Gasteiger partial charge is 0.311 e. The lowest BCUT2D eigenvalue weighted by Gasteiger charge is -2.16. The summed E-state index contributed by atoms with van der Waals surface area (Å²) in [6.45, 7) is 8.65. The van der Waals surface area contributed by atoms with E-state index in [1.165, 1.54) is 11.3 Å². The number of aromatic nitrogens is 1. The zero-order chi connectivity index (χ0) is 12.8. The van der Waals surface area contributed by atoms with Crippen LogP contribution in [0.25, 0.3) is 0 Å². The van der Waals surface area contributed by atoms with E-state index < -0.39 is 0 Å². The molecule has 5 heteroatoms. The maximum absolute atomic E-state index is 11.3. The highest BCUT2D eigenvalue weighted by molar-refractivity contribution is 7.13. The van der Waals surface area contributed by atoms with E-state index in [4.69, 9.17) is 4.74 Å². The molecule has 96 valence electrons. The van der Waals surface area contributed by atoms with Crippen LogP contribution >= 0.6 is 11.3 Å². The zero-order valence-corrected chi connectivity index (χ0v) is 11.6. The summed E-state index contributed by atoms with van der Waals surface area (Å²) in [7, 11) is 0. The van der Waals surface area contributed by atoms with Gasteiger partial charge in [-0.25, -0.2) is 4.98 Å².